The van der Waals surface area contributed by atoms with E-state index in [1.807, 2.05) is 7.05 Å². The molecule has 0 radical (unpaired) electrons. The molecule has 0 N–H and O–H groups in total. The molecule has 2 atom stereocenters. The molecule has 78 valence electrons. The van der Waals surface area contributed by atoms with Crippen LogP contribution in [0.3, 0.4) is 0 Å². The van der Waals surface area contributed by atoms with Gasteiger partial charge in [0.2, 0.25) is 5.13 Å². The molecule has 0 aromatic carbocycles. The molecule has 2 heterocycles. The zero-order valence-corrected chi connectivity index (χ0v) is 10.5. The number of likely N-dealkylation sites (N-methyl/N-ethyl adjacent to an activating group) is 1. The van der Waals surface area contributed by atoms with Gasteiger partial charge in [0.05, 0.1) is 12.1 Å². The third-order valence-corrected chi connectivity index (χ3v) is 3.97. The van der Waals surface area contributed by atoms with Crippen LogP contribution in [-0.2, 0) is 4.74 Å². The van der Waals surface area contributed by atoms with E-state index in [1.165, 1.54) is 0 Å². The molecular formula is C8H12BrN3OS. The topological polar surface area (TPSA) is 38.2 Å². The molecule has 1 aliphatic heterocycles. The van der Waals surface area contributed by atoms with Crippen LogP contribution >= 0.6 is 27.3 Å². The molecule has 0 amide bonds. The number of aromatic nitrogens is 2. The predicted molar refractivity (Wildman–Crippen MR) is 59.8 cm³/mol. The summed E-state index contributed by atoms with van der Waals surface area (Å²) in [5.41, 5.74) is 0. The van der Waals surface area contributed by atoms with E-state index in [-0.39, 0.29) is 6.10 Å². The highest BCUT2D eigenvalue weighted by atomic mass is 79.9. The van der Waals surface area contributed by atoms with E-state index in [0.29, 0.717) is 6.04 Å². The summed E-state index contributed by atoms with van der Waals surface area (Å²) in [6, 6.07) is 0.426. The number of halogens is 1. The molecule has 1 aromatic rings. The summed E-state index contributed by atoms with van der Waals surface area (Å²) in [5, 5.41) is 8.97. The summed E-state index contributed by atoms with van der Waals surface area (Å²) in [7, 11) is 2.04. The molecule has 4 nitrogen and oxygen atoms in total. The Morgan fingerprint density at radius 3 is 2.86 bits per heavy atom. The summed E-state index contributed by atoms with van der Waals surface area (Å²) >= 11 is 4.86. The van der Waals surface area contributed by atoms with Crippen molar-refractivity contribution in [3.63, 3.8) is 0 Å². The van der Waals surface area contributed by atoms with Crippen LogP contribution in [0.4, 0.5) is 5.13 Å². The molecule has 14 heavy (non-hydrogen) atoms. The quantitative estimate of drug-likeness (QED) is 0.828. The first-order valence-electron chi connectivity index (χ1n) is 4.52. The van der Waals surface area contributed by atoms with Crippen molar-refractivity contribution in [2.75, 3.05) is 18.6 Å². The van der Waals surface area contributed by atoms with Crippen LogP contribution in [0.15, 0.2) is 3.92 Å². The zero-order valence-electron chi connectivity index (χ0n) is 8.11. The fourth-order valence-electron chi connectivity index (χ4n) is 1.71. The van der Waals surface area contributed by atoms with Crippen LogP contribution in [0.2, 0.25) is 0 Å². The fourth-order valence-corrected chi connectivity index (χ4v) is 2.82. The summed E-state index contributed by atoms with van der Waals surface area (Å²) in [4.78, 5) is 2.15. The lowest BCUT2D eigenvalue weighted by atomic mass is 10.1. The Morgan fingerprint density at radius 2 is 2.36 bits per heavy atom. The fraction of sp³-hybridized carbons (Fsp3) is 0.750. The number of hydrogen-bond acceptors (Lipinski definition) is 5. The second kappa shape index (κ2) is 4.12. The summed E-state index contributed by atoms with van der Waals surface area (Å²) < 4.78 is 6.34. The van der Waals surface area contributed by atoms with Crippen LogP contribution in [0.1, 0.15) is 13.3 Å². The molecular weight excluding hydrogens is 266 g/mol. The summed E-state index contributed by atoms with van der Waals surface area (Å²) in [6.07, 6.45) is 1.34. The SMILES string of the molecule is CC1OCCC1N(C)c1nnc(Br)s1. The standard InChI is InChI=1S/C8H12BrN3OS/c1-5-6(3-4-13-5)12(2)8-11-10-7(9)14-8/h5-6H,3-4H2,1-2H3. The second-order valence-corrected chi connectivity index (χ2v) is 5.61. The maximum Gasteiger partial charge on any atom is 0.209 e. The molecule has 0 aliphatic carbocycles. The smallest absolute Gasteiger partial charge is 0.209 e. The van der Waals surface area contributed by atoms with E-state index in [1.54, 1.807) is 11.3 Å². The first kappa shape index (κ1) is 10.3. The minimum Gasteiger partial charge on any atom is -0.376 e. The highest BCUT2D eigenvalue weighted by Gasteiger charge is 2.29. The monoisotopic (exact) mass is 277 g/mol. The van der Waals surface area contributed by atoms with Gasteiger partial charge in [-0.15, -0.1) is 10.2 Å². The van der Waals surface area contributed by atoms with Crippen LogP contribution < -0.4 is 4.90 Å². The maximum atomic E-state index is 5.52. The van der Waals surface area contributed by atoms with Crippen molar-refractivity contribution < 1.29 is 4.74 Å². The molecule has 1 aromatic heterocycles. The van der Waals surface area contributed by atoms with E-state index < -0.39 is 0 Å². The van der Waals surface area contributed by atoms with Gasteiger partial charge < -0.3 is 9.64 Å². The van der Waals surface area contributed by atoms with Crippen molar-refractivity contribution in [3.05, 3.63) is 3.92 Å². The molecule has 0 bridgehead atoms. The molecule has 2 unspecified atom stereocenters. The lowest BCUT2D eigenvalue weighted by molar-refractivity contribution is 0.118. The van der Waals surface area contributed by atoms with Crippen molar-refractivity contribution in [3.8, 4) is 0 Å². The van der Waals surface area contributed by atoms with E-state index in [0.717, 1.165) is 22.1 Å². The lowest BCUT2D eigenvalue weighted by Gasteiger charge is -2.25. The molecule has 1 fully saturated rings. The Hall–Kier alpha value is -0.200. The average molecular weight is 278 g/mol. The van der Waals surface area contributed by atoms with E-state index in [9.17, 15) is 0 Å². The summed E-state index contributed by atoms with van der Waals surface area (Å²) in [5.74, 6) is 0. The Morgan fingerprint density at radius 1 is 1.57 bits per heavy atom. The van der Waals surface area contributed by atoms with Gasteiger partial charge in [0, 0.05) is 13.7 Å². The number of hydrogen-bond donors (Lipinski definition) is 0. The highest BCUT2D eigenvalue weighted by Crippen LogP contribution is 2.28. The predicted octanol–water partition coefficient (Wildman–Crippen LogP) is 1.91. The molecule has 1 saturated heterocycles. The van der Waals surface area contributed by atoms with Gasteiger partial charge in [0.25, 0.3) is 0 Å². The Bertz CT molecular complexity index is 319. The average Bonchev–Trinajstić information content (AvgIpc) is 2.73. The number of nitrogens with zero attached hydrogens (tertiary/aromatic N) is 3. The van der Waals surface area contributed by atoms with E-state index >= 15 is 0 Å². The third kappa shape index (κ3) is 1.92. The van der Waals surface area contributed by atoms with Gasteiger partial charge in [-0.2, -0.15) is 0 Å². The number of rotatable bonds is 2. The van der Waals surface area contributed by atoms with Gasteiger partial charge in [0.15, 0.2) is 3.92 Å². The van der Waals surface area contributed by atoms with Crippen LogP contribution in [0, 0.1) is 0 Å². The van der Waals surface area contributed by atoms with Crippen molar-refractivity contribution in [1.82, 2.24) is 10.2 Å². The molecule has 6 heteroatoms. The van der Waals surface area contributed by atoms with Gasteiger partial charge in [0.1, 0.15) is 0 Å². The summed E-state index contributed by atoms with van der Waals surface area (Å²) in [6.45, 7) is 2.94. The third-order valence-electron chi connectivity index (χ3n) is 2.53. The highest BCUT2D eigenvalue weighted by molar-refractivity contribution is 9.11. The van der Waals surface area contributed by atoms with Crippen molar-refractivity contribution in [1.29, 1.82) is 0 Å². The van der Waals surface area contributed by atoms with Gasteiger partial charge in [-0.1, -0.05) is 11.3 Å². The molecule has 2 rings (SSSR count). The van der Waals surface area contributed by atoms with Crippen LogP contribution in [0.5, 0.6) is 0 Å². The van der Waals surface area contributed by atoms with Gasteiger partial charge in [-0.3, -0.25) is 0 Å². The Balaban J connectivity index is 2.11. The molecule has 0 spiro atoms. The van der Waals surface area contributed by atoms with Crippen molar-refractivity contribution in [2.45, 2.75) is 25.5 Å². The number of ether oxygens (including phenoxy) is 1. The number of anilines is 1. The minimum absolute atomic E-state index is 0.280. The van der Waals surface area contributed by atoms with Crippen molar-refractivity contribution >= 4 is 32.4 Å². The minimum atomic E-state index is 0.280. The van der Waals surface area contributed by atoms with Gasteiger partial charge in [-0.05, 0) is 29.3 Å². The van der Waals surface area contributed by atoms with Gasteiger partial charge in [-0.25, -0.2) is 0 Å². The van der Waals surface area contributed by atoms with Crippen LogP contribution in [-0.4, -0.2) is 36.0 Å². The van der Waals surface area contributed by atoms with Crippen LogP contribution in [0.25, 0.3) is 0 Å². The largest absolute Gasteiger partial charge is 0.376 e. The maximum absolute atomic E-state index is 5.52. The van der Waals surface area contributed by atoms with E-state index in [2.05, 4.69) is 38.0 Å². The first-order valence-corrected chi connectivity index (χ1v) is 6.13. The zero-order chi connectivity index (χ0) is 10.1. The van der Waals surface area contributed by atoms with E-state index in [4.69, 9.17) is 4.74 Å². The van der Waals surface area contributed by atoms with Crippen molar-refractivity contribution in [2.24, 2.45) is 0 Å². The lowest BCUT2D eigenvalue weighted by Crippen LogP contribution is -2.36. The Labute approximate surface area is 95.4 Å². The van der Waals surface area contributed by atoms with Gasteiger partial charge >= 0.3 is 0 Å². The normalized spacial score (nSPS) is 26.8. The molecule has 0 saturated carbocycles. The Kier molecular flexibility index (Phi) is 3.04. The molecule has 1 aliphatic rings. The second-order valence-electron chi connectivity index (χ2n) is 3.38. The first-order chi connectivity index (χ1) is 6.68.